The molecule has 3 fully saturated rings. The lowest BCUT2D eigenvalue weighted by molar-refractivity contribution is -0.125. The summed E-state index contributed by atoms with van der Waals surface area (Å²) in [4.78, 5) is 14.0. The summed E-state index contributed by atoms with van der Waals surface area (Å²) in [7, 11) is 0. The second-order valence-electron chi connectivity index (χ2n) is 6.54. The van der Waals surface area contributed by atoms with Crippen molar-refractivity contribution in [3.63, 3.8) is 0 Å². The van der Waals surface area contributed by atoms with E-state index in [0.29, 0.717) is 17.4 Å². The van der Waals surface area contributed by atoms with Crippen LogP contribution >= 0.6 is 0 Å². The first kappa shape index (κ1) is 12.4. The maximum Gasteiger partial charge on any atom is 0.220 e. The Hall–Kier alpha value is -0.610. The van der Waals surface area contributed by atoms with Crippen molar-refractivity contribution in [2.75, 3.05) is 26.2 Å². The van der Waals surface area contributed by atoms with E-state index >= 15 is 0 Å². The number of carbonyl (C=O) groups is 1. The van der Waals surface area contributed by atoms with Gasteiger partial charge in [0.15, 0.2) is 0 Å². The molecule has 0 aromatic rings. The third-order valence-electron chi connectivity index (χ3n) is 5.10. The zero-order valence-electron chi connectivity index (χ0n) is 11.2. The van der Waals surface area contributed by atoms with Crippen molar-refractivity contribution in [1.29, 1.82) is 0 Å². The largest absolute Gasteiger partial charge is 0.353 e. The third-order valence-corrected chi connectivity index (χ3v) is 5.10. The second-order valence-corrected chi connectivity index (χ2v) is 6.54. The highest BCUT2D eigenvalue weighted by atomic mass is 16.1. The van der Waals surface area contributed by atoms with Gasteiger partial charge in [-0.1, -0.05) is 0 Å². The van der Waals surface area contributed by atoms with Crippen LogP contribution in [0.1, 0.15) is 38.5 Å². The van der Waals surface area contributed by atoms with Gasteiger partial charge in [-0.25, -0.2) is 0 Å². The number of rotatable bonds is 4. The molecule has 2 saturated heterocycles. The average Bonchev–Trinajstić information content (AvgIpc) is 3.10. The number of piperidine rings is 2. The highest BCUT2D eigenvalue weighted by Gasteiger charge is 2.44. The second kappa shape index (κ2) is 4.82. The molecule has 3 aliphatic rings. The van der Waals surface area contributed by atoms with Crippen molar-refractivity contribution in [3.05, 3.63) is 0 Å². The zero-order chi connectivity index (χ0) is 12.6. The van der Waals surface area contributed by atoms with Gasteiger partial charge in [-0.3, -0.25) is 4.79 Å². The predicted octanol–water partition coefficient (Wildman–Crippen LogP) is 0.716. The lowest BCUT2D eigenvalue weighted by Crippen LogP contribution is -2.54. The summed E-state index contributed by atoms with van der Waals surface area (Å²) in [5, 5.41) is 3.16. The maximum atomic E-state index is 11.4. The van der Waals surface area contributed by atoms with Crippen LogP contribution in [0.4, 0.5) is 0 Å². The van der Waals surface area contributed by atoms with Crippen LogP contribution in [-0.2, 0) is 4.79 Å². The van der Waals surface area contributed by atoms with E-state index in [1.165, 1.54) is 32.4 Å². The number of nitrogens with two attached hydrogens (primary N) is 1. The van der Waals surface area contributed by atoms with Crippen molar-refractivity contribution in [2.24, 2.45) is 17.1 Å². The van der Waals surface area contributed by atoms with Gasteiger partial charge in [0.25, 0.3) is 0 Å². The minimum atomic E-state index is 0.256. The van der Waals surface area contributed by atoms with E-state index in [1.807, 2.05) is 0 Å². The Labute approximate surface area is 109 Å². The van der Waals surface area contributed by atoms with Crippen LogP contribution in [0.2, 0.25) is 0 Å². The number of amides is 1. The van der Waals surface area contributed by atoms with Crippen molar-refractivity contribution >= 4 is 5.91 Å². The Morgan fingerprint density at radius 2 is 2.22 bits per heavy atom. The van der Waals surface area contributed by atoms with Gasteiger partial charge in [-0.2, -0.15) is 0 Å². The highest BCUT2D eigenvalue weighted by Crippen LogP contribution is 2.49. The SMILES string of the molecule is NCCC1(CN2CCC3NC(=O)CCC3C2)CC1. The molecule has 4 heteroatoms. The molecule has 0 aromatic carbocycles. The van der Waals surface area contributed by atoms with Crippen LogP contribution in [0.15, 0.2) is 0 Å². The molecule has 1 aliphatic carbocycles. The monoisotopic (exact) mass is 251 g/mol. The number of hydrogen-bond donors (Lipinski definition) is 2. The normalized spacial score (nSPS) is 34.8. The number of likely N-dealkylation sites (tertiary alicyclic amines) is 1. The van der Waals surface area contributed by atoms with Crippen LogP contribution in [0.3, 0.4) is 0 Å². The molecule has 18 heavy (non-hydrogen) atoms. The Balaban J connectivity index is 1.53. The van der Waals surface area contributed by atoms with Gasteiger partial charge < -0.3 is 16.0 Å². The number of fused-ring (bicyclic) bond motifs is 1. The molecule has 1 saturated carbocycles. The Morgan fingerprint density at radius 3 is 2.94 bits per heavy atom. The first-order chi connectivity index (χ1) is 8.71. The molecule has 3 rings (SSSR count). The molecular weight excluding hydrogens is 226 g/mol. The number of nitrogens with zero attached hydrogens (tertiary/aromatic N) is 1. The average molecular weight is 251 g/mol. The van der Waals surface area contributed by atoms with Gasteiger partial charge in [0.2, 0.25) is 5.91 Å². The quantitative estimate of drug-likeness (QED) is 0.774. The summed E-state index contributed by atoms with van der Waals surface area (Å²) >= 11 is 0. The molecule has 0 bridgehead atoms. The smallest absolute Gasteiger partial charge is 0.220 e. The summed E-state index contributed by atoms with van der Waals surface area (Å²) in [6.07, 6.45) is 6.86. The van der Waals surface area contributed by atoms with Gasteiger partial charge in [0.1, 0.15) is 0 Å². The van der Waals surface area contributed by atoms with Crippen molar-refractivity contribution in [2.45, 2.75) is 44.6 Å². The molecule has 3 N–H and O–H groups in total. The fourth-order valence-corrected chi connectivity index (χ4v) is 3.77. The van der Waals surface area contributed by atoms with Crippen molar-refractivity contribution in [3.8, 4) is 0 Å². The molecule has 2 aliphatic heterocycles. The topological polar surface area (TPSA) is 58.4 Å². The van der Waals surface area contributed by atoms with Crippen LogP contribution in [0.25, 0.3) is 0 Å². The molecule has 2 unspecified atom stereocenters. The van der Waals surface area contributed by atoms with E-state index in [9.17, 15) is 4.79 Å². The molecular formula is C14H25N3O. The minimum Gasteiger partial charge on any atom is -0.353 e. The van der Waals surface area contributed by atoms with Gasteiger partial charge in [0.05, 0.1) is 0 Å². The lowest BCUT2D eigenvalue weighted by Gasteiger charge is -2.42. The van der Waals surface area contributed by atoms with Crippen LogP contribution < -0.4 is 11.1 Å². The molecule has 0 radical (unpaired) electrons. The predicted molar refractivity (Wildman–Crippen MR) is 71.1 cm³/mol. The summed E-state index contributed by atoms with van der Waals surface area (Å²) in [6, 6.07) is 0.451. The fourth-order valence-electron chi connectivity index (χ4n) is 3.77. The number of carbonyl (C=O) groups excluding carboxylic acids is 1. The van der Waals surface area contributed by atoms with Crippen LogP contribution in [0.5, 0.6) is 0 Å². The molecule has 0 aromatic heterocycles. The van der Waals surface area contributed by atoms with Gasteiger partial charge in [0, 0.05) is 32.1 Å². The molecule has 4 nitrogen and oxygen atoms in total. The molecule has 2 atom stereocenters. The summed E-state index contributed by atoms with van der Waals surface area (Å²) in [5.41, 5.74) is 6.27. The maximum absolute atomic E-state index is 11.4. The number of nitrogens with one attached hydrogen (secondary N) is 1. The van der Waals surface area contributed by atoms with E-state index in [1.54, 1.807) is 0 Å². The van der Waals surface area contributed by atoms with E-state index in [2.05, 4.69) is 10.2 Å². The standard InChI is InChI=1S/C14H25N3O/c15-7-6-14(4-5-14)10-17-8-3-12-11(9-17)1-2-13(18)16-12/h11-12H,1-10,15H2,(H,16,18). The van der Waals surface area contributed by atoms with Crippen LogP contribution in [0, 0.1) is 11.3 Å². The van der Waals surface area contributed by atoms with Gasteiger partial charge in [-0.05, 0) is 50.0 Å². The molecule has 0 spiro atoms. The first-order valence-corrected chi connectivity index (χ1v) is 7.43. The van der Waals surface area contributed by atoms with Gasteiger partial charge >= 0.3 is 0 Å². The Bertz CT molecular complexity index is 327. The molecule has 2 heterocycles. The Kier molecular flexibility index (Phi) is 3.32. The number of hydrogen-bond acceptors (Lipinski definition) is 3. The first-order valence-electron chi connectivity index (χ1n) is 7.43. The molecule has 1 amide bonds. The fraction of sp³-hybridized carbons (Fsp3) is 0.929. The Morgan fingerprint density at radius 1 is 1.39 bits per heavy atom. The molecule has 102 valence electrons. The van der Waals surface area contributed by atoms with Crippen LogP contribution in [-0.4, -0.2) is 43.0 Å². The lowest BCUT2D eigenvalue weighted by atomic mass is 9.84. The minimum absolute atomic E-state index is 0.256. The van der Waals surface area contributed by atoms with E-state index in [-0.39, 0.29) is 5.91 Å². The van der Waals surface area contributed by atoms with E-state index < -0.39 is 0 Å². The highest BCUT2D eigenvalue weighted by molar-refractivity contribution is 5.77. The van der Waals surface area contributed by atoms with E-state index in [0.717, 1.165) is 32.4 Å². The summed E-state index contributed by atoms with van der Waals surface area (Å²) in [6.45, 7) is 4.39. The summed E-state index contributed by atoms with van der Waals surface area (Å²) < 4.78 is 0. The van der Waals surface area contributed by atoms with Crippen molar-refractivity contribution < 1.29 is 4.79 Å². The summed E-state index contributed by atoms with van der Waals surface area (Å²) in [5.74, 6) is 0.941. The van der Waals surface area contributed by atoms with Crippen molar-refractivity contribution in [1.82, 2.24) is 10.2 Å². The zero-order valence-corrected chi connectivity index (χ0v) is 11.2. The van der Waals surface area contributed by atoms with Gasteiger partial charge in [-0.15, -0.1) is 0 Å². The van der Waals surface area contributed by atoms with E-state index in [4.69, 9.17) is 5.73 Å². The third kappa shape index (κ3) is 2.54.